The molecular formula is C20H30N4O3. The molecule has 0 unspecified atom stereocenters. The molecule has 1 aromatic carbocycles. The molecule has 0 bridgehead atoms. The fraction of sp³-hybridized carbons (Fsp3) is 0.600. The minimum absolute atomic E-state index is 0.158. The molecule has 1 saturated heterocycles. The summed E-state index contributed by atoms with van der Waals surface area (Å²) in [5.74, 6) is 0.833. The zero-order valence-corrected chi connectivity index (χ0v) is 16.5. The van der Waals surface area contributed by atoms with Gasteiger partial charge in [0.2, 0.25) is 0 Å². The van der Waals surface area contributed by atoms with E-state index in [9.17, 15) is 4.79 Å². The molecule has 7 nitrogen and oxygen atoms in total. The molecule has 7 heteroatoms. The number of aromatic nitrogens is 2. The number of piperidine rings is 1. The number of para-hydroxylation sites is 1. The largest absolute Gasteiger partial charge is 0.489 e. The van der Waals surface area contributed by atoms with Crippen molar-refractivity contribution in [1.82, 2.24) is 20.2 Å². The van der Waals surface area contributed by atoms with Gasteiger partial charge in [-0.15, -0.1) is 0 Å². The number of carbonyl (C=O) groups excluding carboxylic acids is 1. The number of fused-ring (bicyclic) bond motifs is 1. The Kier molecular flexibility index (Phi) is 6.68. The van der Waals surface area contributed by atoms with Crippen molar-refractivity contribution in [1.29, 1.82) is 0 Å². The number of nitrogens with zero attached hydrogens (tertiary/aromatic N) is 2. The molecule has 1 aliphatic heterocycles. The van der Waals surface area contributed by atoms with Crippen molar-refractivity contribution < 1.29 is 14.3 Å². The zero-order chi connectivity index (χ0) is 19.2. The minimum atomic E-state index is -0.158. The molecule has 0 saturated carbocycles. The molecule has 0 aliphatic carbocycles. The molecular weight excluding hydrogens is 344 g/mol. The lowest BCUT2D eigenvalue weighted by Crippen LogP contribution is -2.46. The molecule has 0 radical (unpaired) electrons. The van der Waals surface area contributed by atoms with Gasteiger partial charge in [0, 0.05) is 31.8 Å². The van der Waals surface area contributed by atoms with Crippen molar-refractivity contribution in [2.45, 2.75) is 45.7 Å². The first-order valence-electron chi connectivity index (χ1n) is 9.82. The first kappa shape index (κ1) is 19.6. The van der Waals surface area contributed by atoms with Gasteiger partial charge in [0.25, 0.3) is 5.91 Å². The van der Waals surface area contributed by atoms with Gasteiger partial charge in [-0.25, -0.2) is 4.98 Å². The first-order chi connectivity index (χ1) is 13.1. The summed E-state index contributed by atoms with van der Waals surface area (Å²) >= 11 is 0. The highest BCUT2D eigenvalue weighted by atomic mass is 16.5. The average Bonchev–Trinajstić information content (AvgIpc) is 3.11. The molecule has 3 rings (SSSR count). The smallest absolute Gasteiger partial charge is 0.287 e. The standard InChI is InChI=1S/C20H30N4O3/c1-4-26-12-13-27-17-7-5-6-16-18(17)23-19(22-16)20(25)21-15-8-10-24(11-9-15)14(2)3/h5-7,14-15H,4,8-13H2,1-3H3,(H,21,25)(H,22,23). The molecule has 2 heterocycles. The quantitative estimate of drug-likeness (QED) is 0.694. The van der Waals surface area contributed by atoms with Crippen molar-refractivity contribution in [3.8, 4) is 5.75 Å². The Hall–Kier alpha value is -2.12. The van der Waals surface area contributed by atoms with E-state index in [2.05, 4.69) is 34.0 Å². The van der Waals surface area contributed by atoms with Gasteiger partial charge >= 0.3 is 0 Å². The third-order valence-electron chi connectivity index (χ3n) is 4.98. The van der Waals surface area contributed by atoms with Gasteiger partial charge in [0.15, 0.2) is 5.82 Å². The highest BCUT2D eigenvalue weighted by Gasteiger charge is 2.23. The summed E-state index contributed by atoms with van der Waals surface area (Å²) in [6.45, 7) is 10.0. The second-order valence-electron chi connectivity index (χ2n) is 7.16. The molecule has 2 N–H and O–H groups in total. The summed E-state index contributed by atoms with van der Waals surface area (Å²) in [5.41, 5.74) is 1.47. The third kappa shape index (κ3) is 4.99. The van der Waals surface area contributed by atoms with Gasteiger partial charge in [0.05, 0.1) is 12.1 Å². The lowest BCUT2D eigenvalue weighted by atomic mass is 10.0. The number of ether oxygens (including phenoxy) is 2. The van der Waals surface area contributed by atoms with Gasteiger partial charge in [-0.1, -0.05) is 6.07 Å². The van der Waals surface area contributed by atoms with Crippen LogP contribution < -0.4 is 10.1 Å². The number of rotatable bonds is 8. The third-order valence-corrected chi connectivity index (χ3v) is 4.98. The number of likely N-dealkylation sites (tertiary alicyclic amines) is 1. The predicted octanol–water partition coefficient (Wildman–Crippen LogP) is 2.58. The van der Waals surface area contributed by atoms with Gasteiger partial charge in [-0.05, 0) is 45.7 Å². The summed E-state index contributed by atoms with van der Waals surface area (Å²) in [6, 6.07) is 6.40. The summed E-state index contributed by atoms with van der Waals surface area (Å²) in [6.07, 6.45) is 1.94. The van der Waals surface area contributed by atoms with Crippen molar-refractivity contribution in [3.05, 3.63) is 24.0 Å². The number of aromatic amines is 1. The van der Waals surface area contributed by atoms with Crippen LogP contribution in [0, 0.1) is 0 Å². The Balaban J connectivity index is 1.62. The van der Waals surface area contributed by atoms with Crippen LogP contribution >= 0.6 is 0 Å². The first-order valence-corrected chi connectivity index (χ1v) is 9.82. The number of benzene rings is 1. The maximum Gasteiger partial charge on any atom is 0.287 e. The second-order valence-corrected chi connectivity index (χ2v) is 7.16. The van der Waals surface area contributed by atoms with Gasteiger partial charge in [-0.2, -0.15) is 0 Å². The van der Waals surface area contributed by atoms with Crippen LogP contribution in [0.25, 0.3) is 11.0 Å². The van der Waals surface area contributed by atoms with E-state index in [0.29, 0.717) is 43.0 Å². The van der Waals surface area contributed by atoms with Gasteiger partial charge < -0.3 is 24.7 Å². The summed E-state index contributed by atoms with van der Waals surface area (Å²) in [5, 5.41) is 3.11. The van der Waals surface area contributed by atoms with E-state index in [1.165, 1.54) is 0 Å². The number of nitrogens with one attached hydrogen (secondary N) is 2. The van der Waals surface area contributed by atoms with E-state index in [4.69, 9.17) is 9.47 Å². The average molecular weight is 374 g/mol. The maximum atomic E-state index is 12.6. The van der Waals surface area contributed by atoms with Gasteiger partial charge in [0.1, 0.15) is 17.9 Å². The van der Waals surface area contributed by atoms with Crippen LogP contribution in [0.1, 0.15) is 44.2 Å². The van der Waals surface area contributed by atoms with Crippen LogP contribution in [0.4, 0.5) is 0 Å². The highest BCUT2D eigenvalue weighted by molar-refractivity contribution is 5.95. The van der Waals surface area contributed by atoms with Crippen molar-refractivity contribution >= 4 is 16.9 Å². The monoisotopic (exact) mass is 374 g/mol. The van der Waals surface area contributed by atoms with Crippen LogP contribution in [0.3, 0.4) is 0 Å². The normalized spacial score (nSPS) is 16.1. The summed E-state index contributed by atoms with van der Waals surface area (Å²) < 4.78 is 11.1. The summed E-state index contributed by atoms with van der Waals surface area (Å²) in [7, 11) is 0. The minimum Gasteiger partial charge on any atom is -0.489 e. The Morgan fingerprint density at radius 2 is 2.11 bits per heavy atom. The molecule has 148 valence electrons. The SMILES string of the molecule is CCOCCOc1cccc2[nH]c(C(=O)NC3CCN(C(C)C)CC3)nc12. The molecule has 1 amide bonds. The number of imidazole rings is 1. The Morgan fingerprint density at radius 1 is 1.33 bits per heavy atom. The van der Waals surface area contributed by atoms with Crippen LogP contribution in [0.2, 0.25) is 0 Å². The molecule has 1 fully saturated rings. The fourth-order valence-electron chi connectivity index (χ4n) is 3.40. The van der Waals surface area contributed by atoms with E-state index >= 15 is 0 Å². The number of hydrogen-bond acceptors (Lipinski definition) is 5. The Morgan fingerprint density at radius 3 is 2.81 bits per heavy atom. The van der Waals surface area contributed by atoms with Crippen molar-refractivity contribution in [3.63, 3.8) is 0 Å². The lowest BCUT2D eigenvalue weighted by molar-refractivity contribution is 0.0891. The molecule has 2 aromatic rings. The number of amides is 1. The number of carbonyl (C=O) groups is 1. The Labute approximate surface area is 160 Å². The van der Waals surface area contributed by atoms with Crippen LogP contribution in [-0.4, -0.2) is 65.8 Å². The van der Waals surface area contributed by atoms with E-state index < -0.39 is 0 Å². The predicted molar refractivity (Wildman–Crippen MR) is 105 cm³/mol. The second kappa shape index (κ2) is 9.19. The van der Waals surface area contributed by atoms with Crippen LogP contribution in [0.5, 0.6) is 5.75 Å². The van der Waals surface area contributed by atoms with Crippen molar-refractivity contribution in [2.24, 2.45) is 0 Å². The highest BCUT2D eigenvalue weighted by Crippen LogP contribution is 2.23. The number of hydrogen-bond donors (Lipinski definition) is 2. The topological polar surface area (TPSA) is 79.5 Å². The van der Waals surface area contributed by atoms with Crippen molar-refractivity contribution in [2.75, 3.05) is 32.9 Å². The van der Waals surface area contributed by atoms with Crippen LogP contribution in [0.15, 0.2) is 18.2 Å². The van der Waals surface area contributed by atoms with E-state index in [1.54, 1.807) is 0 Å². The fourth-order valence-corrected chi connectivity index (χ4v) is 3.40. The van der Waals surface area contributed by atoms with Crippen LogP contribution in [-0.2, 0) is 4.74 Å². The van der Waals surface area contributed by atoms with E-state index in [1.807, 2.05) is 25.1 Å². The Bertz CT molecular complexity index is 751. The lowest BCUT2D eigenvalue weighted by Gasteiger charge is -2.34. The zero-order valence-electron chi connectivity index (χ0n) is 16.5. The molecule has 1 aliphatic rings. The number of H-pyrrole nitrogens is 1. The maximum absolute atomic E-state index is 12.6. The van der Waals surface area contributed by atoms with Gasteiger partial charge in [-0.3, -0.25) is 4.79 Å². The molecule has 0 spiro atoms. The molecule has 1 aromatic heterocycles. The van der Waals surface area contributed by atoms with E-state index in [0.717, 1.165) is 31.4 Å². The summed E-state index contributed by atoms with van der Waals surface area (Å²) in [4.78, 5) is 22.7. The molecule has 0 atom stereocenters. The molecule has 27 heavy (non-hydrogen) atoms. The van der Waals surface area contributed by atoms with E-state index in [-0.39, 0.29) is 11.9 Å².